The normalized spacial score (nSPS) is 12.2. The highest BCUT2D eigenvalue weighted by Gasteiger charge is 2.22. The Morgan fingerprint density at radius 1 is 0.281 bits per heavy atom. The second-order valence-electron chi connectivity index (χ2n) is 14.9. The molecule has 0 aliphatic carbocycles. The van der Waals surface area contributed by atoms with Crippen LogP contribution in [0, 0.1) is 0 Å². The average molecular weight is 727 g/mol. The standard InChI is InChI=1S/C51H30N6/c1-9-24-44-34(16-1)35-17-2-10-25-45(35)56(44)50-52-49(53-51(54-50)57-46-26-11-3-18-36(46)37-19-4-12-27-47(37)57)32-15-13-14-31(28-32)33-29-40-38-20-5-7-22-42(38)55-43-23-8-6-21-39(43)41(30-33)48(40)55/h1-30H. The maximum atomic E-state index is 5.33. The molecule has 0 aliphatic heterocycles. The summed E-state index contributed by atoms with van der Waals surface area (Å²) >= 11 is 0. The third-order valence-electron chi connectivity index (χ3n) is 11.8. The molecule has 57 heavy (non-hydrogen) atoms. The van der Waals surface area contributed by atoms with Crippen LogP contribution in [0.4, 0.5) is 0 Å². The lowest BCUT2D eigenvalue weighted by molar-refractivity contribution is 0.893. The molecule has 0 radical (unpaired) electrons. The van der Waals surface area contributed by atoms with E-state index in [1.807, 2.05) is 0 Å². The Bertz CT molecular complexity index is 3450. The minimum absolute atomic E-state index is 0.568. The van der Waals surface area contributed by atoms with E-state index in [1.54, 1.807) is 0 Å². The monoisotopic (exact) mass is 726 g/mol. The highest BCUT2D eigenvalue weighted by Crippen LogP contribution is 2.42. The maximum Gasteiger partial charge on any atom is 0.240 e. The number of hydrogen-bond donors (Lipinski definition) is 0. The van der Waals surface area contributed by atoms with Crippen molar-refractivity contribution in [1.82, 2.24) is 28.5 Å². The van der Waals surface area contributed by atoms with Gasteiger partial charge in [-0.05, 0) is 65.7 Å². The Morgan fingerprint density at radius 2 is 0.649 bits per heavy atom. The number of rotatable bonds is 4. The topological polar surface area (TPSA) is 52.9 Å². The molecule has 0 unspecified atom stereocenters. The number of fused-ring (bicyclic) bond motifs is 12. The first kappa shape index (κ1) is 30.5. The summed E-state index contributed by atoms with van der Waals surface area (Å²) in [5.41, 5.74) is 11.1. The molecular weight excluding hydrogens is 697 g/mol. The Labute approximate surface area is 325 Å². The van der Waals surface area contributed by atoms with Crippen LogP contribution in [0.3, 0.4) is 0 Å². The number of nitrogens with zero attached hydrogens (tertiary/aromatic N) is 6. The first-order valence-corrected chi connectivity index (χ1v) is 19.3. The van der Waals surface area contributed by atoms with Crippen LogP contribution in [-0.2, 0) is 0 Å². The highest BCUT2D eigenvalue weighted by atomic mass is 15.3. The van der Waals surface area contributed by atoms with Gasteiger partial charge in [-0.1, -0.05) is 127 Å². The summed E-state index contributed by atoms with van der Waals surface area (Å²) in [6.07, 6.45) is 0. The fourth-order valence-corrected chi connectivity index (χ4v) is 9.41. The smallest absolute Gasteiger partial charge is 0.240 e. The predicted octanol–water partition coefficient (Wildman–Crippen LogP) is 12.5. The van der Waals surface area contributed by atoms with E-state index in [0.717, 1.165) is 60.3 Å². The van der Waals surface area contributed by atoms with Crippen LogP contribution in [0.5, 0.6) is 0 Å². The summed E-state index contributed by atoms with van der Waals surface area (Å²) in [6, 6.07) is 64.8. The zero-order valence-corrected chi connectivity index (χ0v) is 30.5. The summed E-state index contributed by atoms with van der Waals surface area (Å²) in [4.78, 5) is 16.0. The van der Waals surface area contributed by atoms with Gasteiger partial charge in [0.2, 0.25) is 11.9 Å². The molecule has 264 valence electrons. The van der Waals surface area contributed by atoms with Gasteiger partial charge in [0.1, 0.15) is 0 Å². The molecule has 0 bridgehead atoms. The minimum Gasteiger partial charge on any atom is -0.308 e. The molecule has 0 N–H and O–H groups in total. The molecule has 5 heterocycles. The van der Waals surface area contributed by atoms with E-state index in [4.69, 9.17) is 15.0 Å². The number of benzene rings is 8. The summed E-state index contributed by atoms with van der Waals surface area (Å²) < 4.78 is 6.78. The maximum absolute atomic E-state index is 5.33. The lowest BCUT2D eigenvalue weighted by atomic mass is 9.98. The van der Waals surface area contributed by atoms with Crippen molar-refractivity contribution < 1.29 is 0 Å². The first-order chi connectivity index (χ1) is 28.3. The van der Waals surface area contributed by atoms with Crippen molar-refractivity contribution in [3.8, 4) is 34.4 Å². The Balaban J connectivity index is 1.08. The summed E-state index contributed by atoms with van der Waals surface area (Å²) in [5.74, 6) is 1.74. The van der Waals surface area contributed by atoms with Gasteiger partial charge in [-0.2, -0.15) is 15.0 Å². The molecule has 0 aliphatic rings. The lowest BCUT2D eigenvalue weighted by Gasteiger charge is -2.13. The van der Waals surface area contributed by atoms with Crippen molar-refractivity contribution in [1.29, 1.82) is 0 Å². The second-order valence-corrected chi connectivity index (χ2v) is 14.9. The van der Waals surface area contributed by atoms with Gasteiger partial charge in [-0.15, -0.1) is 0 Å². The van der Waals surface area contributed by atoms with Crippen molar-refractivity contribution in [2.45, 2.75) is 0 Å². The van der Waals surface area contributed by atoms with Crippen molar-refractivity contribution in [3.63, 3.8) is 0 Å². The van der Waals surface area contributed by atoms with Gasteiger partial charge in [0, 0.05) is 48.7 Å². The van der Waals surface area contributed by atoms with Gasteiger partial charge in [-0.25, -0.2) is 0 Å². The molecule has 8 aromatic carbocycles. The van der Waals surface area contributed by atoms with E-state index < -0.39 is 0 Å². The second kappa shape index (κ2) is 11.4. The average Bonchev–Trinajstić information content (AvgIpc) is 4.01. The van der Waals surface area contributed by atoms with E-state index in [9.17, 15) is 0 Å². The number of aromatic nitrogens is 6. The SMILES string of the molecule is c1cc(-c2cc3c4ccccc4n4c5ccccc5c(c2)c34)cc(-c2nc(-n3c4ccccc4c4ccccc43)nc(-n3c4ccccc4c4ccccc43)n2)c1. The van der Waals surface area contributed by atoms with Crippen LogP contribution >= 0.6 is 0 Å². The molecule has 6 nitrogen and oxygen atoms in total. The molecular formula is C51H30N6. The van der Waals surface area contributed by atoms with Crippen LogP contribution in [0.1, 0.15) is 0 Å². The van der Waals surface area contributed by atoms with E-state index in [2.05, 4.69) is 196 Å². The van der Waals surface area contributed by atoms with E-state index in [1.165, 1.54) is 38.1 Å². The van der Waals surface area contributed by atoms with Crippen LogP contribution in [0.2, 0.25) is 0 Å². The van der Waals surface area contributed by atoms with Gasteiger partial charge in [0.15, 0.2) is 5.82 Å². The predicted molar refractivity (Wildman–Crippen MR) is 234 cm³/mol. The molecule has 5 aromatic heterocycles. The first-order valence-electron chi connectivity index (χ1n) is 19.3. The molecule has 13 rings (SSSR count). The zero-order valence-electron chi connectivity index (χ0n) is 30.5. The van der Waals surface area contributed by atoms with Gasteiger partial charge in [0.25, 0.3) is 0 Å². The van der Waals surface area contributed by atoms with E-state index >= 15 is 0 Å². The van der Waals surface area contributed by atoms with Gasteiger partial charge in [0.05, 0.1) is 38.6 Å². The molecule has 0 saturated carbocycles. The third-order valence-corrected chi connectivity index (χ3v) is 11.8. The lowest BCUT2D eigenvalue weighted by Crippen LogP contribution is -2.10. The van der Waals surface area contributed by atoms with Crippen LogP contribution < -0.4 is 0 Å². The van der Waals surface area contributed by atoms with Crippen molar-refractivity contribution >= 4 is 81.7 Å². The Hall–Kier alpha value is -7.83. The molecule has 0 atom stereocenters. The summed E-state index contributed by atoms with van der Waals surface area (Å²) in [6.45, 7) is 0. The van der Waals surface area contributed by atoms with Crippen molar-refractivity contribution in [2.24, 2.45) is 0 Å². The van der Waals surface area contributed by atoms with Gasteiger partial charge >= 0.3 is 0 Å². The molecule has 0 spiro atoms. The van der Waals surface area contributed by atoms with Crippen LogP contribution in [-0.4, -0.2) is 28.5 Å². The third kappa shape index (κ3) is 4.21. The van der Waals surface area contributed by atoms with Crippen molar-refractivity contribution in [3.05, 3.63) is 182 Å². The van der Waals surface area contributed by atoms with E-state index in [-0.39, 0.29) is 0 Å². The van der Waals surface area contributed by atoms with Crippen LogP contribution in [0.15, 0.2) is 182 Å². The minimum atomic E-state index is 0.568. The van der Waals surface area contributed by atoms with Crippen LogP contribution in [0.25, 0.3) is 116 Å². The summed E-state index contributed by atoms with van der Waals surface area (Å²) in [5, 5.41) is 9.63. The van der Waals surface area contributed by atoms with Gasteiger partial charge < -0.3 is 4.40 Å². The molecule has 13 aromatic rings. The fourth-order valence-electron chi connectivity index (χ4n) is 9.41. The van der Waals surface area contributed by atoms with E-state index in [0.29, 0.717) is 17.7 Å². The Morgan fingerprint density at radius 3 is 1.09 bits per heavy atom. The highest BCUT2D eigenvalue weighted by molar-refractivity contribution is 6.24. The van der Waals surface area contributed by atoms with Crippen molar-refractivity contribution in [2.75, 3.05) is 0 Å². The quantitative estimate of drug-likeness (QED) is 0.181. The Kier molecular flexibility index (Phi) is 6.07. The summed E-state index contributed by atoms with van der Waals surface area (Å²) in [7, 11) is 0. The largest absolute Gasteiger partial charge is 0.308 e. The van der Waals surface area contributed by atoms with Gasteiger partial charge in [-0.3, -0.25) is 9.13 Å². The molecule has 0 fully saturated rings. The molecule has 6 heteroatoms. The fraction of sp³-hybridized carbons (Fsp3) is 0. The molecule has 0 amide bonds. The molecule has 0 saturated heterocycles. The zero-order chi connectivity index (χ0) is 37.2. The number of hydrogen-bond acceptors (Lipinski definition) is 3. The number of para-hydroxylation sites is 6.